The molecule has 1 radical (unpaired) electrons. The molecule has 8 aromatic carbocycles. The van der Waals surface area contributed by atoms with Crippen molar-refractivity contribution in [3.63, 3.8) is 0 Å². The average molecular weight is 674 g/mol. The quantitative estimate of drug-likeness (QED) is 0.148. The first-order chi connectivity index (χ1) is 22.9. The molecule has 223 valence electrons. The minimum Gasteiger partial charge on any atom is -0.0622 e. The Morgan fingerprint density at radius 1 is 0.255 bits per heavy atom. The normalized spacial score (nSPS) is 11.2. The van der Waals surface area contributed by atoms with Gasteiger partial charge in [-0.15, -0.1) is 0 Å². The Bertz CT molecular complexity index is 2010. The standard InChI is InChI=1S/C44H32P2.V/c1-5-19-35(20-6-1)45(36-21-7-2-8-22-36)41-31-29-33-17-13-15-27-39(33)43(41)44-40-28-16-14-18-34(40)30-32-42(44)46(37-23-9-3-10-24-37)38-25-11-4-12-26-38;/h1-32H;. The maximum atomic E-state index is 2.42. The number of hydrogen-bond donors (Lipinski definition) is 0. The first-order valence-corrected chi connectivity index (χ1v) is 18.4. The van der Waals surface area contributed by atoms with Crippen molar-refractivity contribution in [1.82, 2.24) is 0 Å². The van der Waals surface area contributed by atoms with Crippen LogP contribution in [0.5, 0.6) is 0 Å². The largest absolute Gasteiger partial charge is 0.0622 e. The van der Waals surface area contributed by atoms with Crippen LogP contribution in [0.3, 0.4) is 0 Å². The van der Waals surface area contributed by atoms with Crippen molar-refractivity contribution >= 4 is 69.2 Å². The second-order valence-corrected chi connectivity index (χ2v) is 15.7. The Hall–Kier alpha value is -4.28. The molecule has 8 aromatic rings. The summed E-state index contributed by atoms with van der Waals surface area (Å²) >= 11 is 0. The zero-order valence-electron chi connectivity index (χ0n) is 25.8. The molecular formula is C44H32P2V. The third-order valence-electron chi connectivity index (χ3n) is 8.60. The molecule has 0 N–H and O–H groups in total. The van der Waals surface area contributed by atoms with Crippen LogP contribution in [0.15, 0.2) is 194 Å². The van der Waals surface area contributed by atoms with Crippen molar-refractivity contribution in [3.05, 3.63) is 194 Å². The molecular weight excluding hydrogens is 641 g/mol. The zero-order chi connectivity index (χ0) is 30.7. The maximum absolute atomic E-state index is 2.42. The topological polar surface area (TPSA) is 0 Å². The van der Waals surface area contributed by atoms with Crippen molar-refractivity contribution in [1.29, 1.82) is 0 Å². The maximum Gasteiger partial charge on any atom is 0 e. The molecule has 0 unspecified atom stereocenters. The fraction of sp³-hybridized carbons (Fsp3) is 0. The number of hydrogen-bond acceptors (Lipinski definition) is 0. The third-order valence-corrected chi connectivity index (χ3v) is 13.6. The summed E-state index contributed by atoms with van der Waals surface area (Å²) in [6.07, 6.45) is 0. The summed E-state index contributed by atoms with van der Waals surface area (Å²) < 4.78 is 0. The van der Waals surface area contributed by atoms with Gasteiger partial charge < -0.3 is 0 Å². The number of benzene rings is 8. The van der Waals surface area contributed by atoms with E-state index in [0.29, 0.717) is 0 Å². The van der Waals surface area contributed by atoms with Gasteiger partial charge in [-0.3, -0.25) is 0 Å². The van der Waals surface area contributed by atoms with Gasteiger partial charge in [0.05, 0.1) is 0 Å². The van der Waals surface area contributed by atoms with Crippen LogP contribution in [0.4, 0.5) is 0 Å². The predicted octanol–water partition coefficient (Wildman–Crippen LogP) is 9.17. The van der Waals surface area contributed by atoms with Gasteiger partial charge in [0.2, 0.25) is 0 Å². The van der Waals surface area contributed by atoms with Crippen molar-refractivity contribution in [2.24, 2.45) is 0 Å². The van der Waals surface area contributed by atoms with Gasteiger partial charge in [0, 0.05) is 18.6 Å². The summed E-state index contributed by atoms with van der Waals surface area (Å²) in [6, 6.07) is 71.8. The molecule has 3 heteroatoms. The smallest absolute Gasteiger partial charge is 0 e. The Balaban J connectivity index is 0.00000351. The summed E-state index contributed by atoms with van der Waals surface area (Å²) in [5.41, 5.74) is 2.70. The molecule has 0 atom stereocenters. The fourth-order valence-electron chi connectivity index (χ4n) is 6.58. The van der Waals surface area contributed by atoms with Crippen LogP contribution in [0.25, 0.3) is 32.7 Å². The van der Waals surface area contributed by atoms with Gasteiger partial charge in [0.1, 0.15) is 0 Å². The summed E-state index contributed by atoms with van der Waals surface area (Å²) in [5, 5.41) is 13.3. The van der Waals surface area contributed by atoms with E-state index in [1.807, 2.05) is 0 Å². The Kier molecular flexibility index (Phi) is 9.49. The van der Waals surface area contributed by atoms with E-state index in [1.54, 1.807) is 0 Å². The van der Waals surface area contributed by atoms with Crippen molar-refractivity contribution < 1.29 is 18.6 Å². The molecule has 0 aliphatic rings. The third kappa shape index (κ3) is 6.12. The molecule has 0 aromatic heterocycles. The Morgan fingerprint density at radius 2 is 0.532 bits per heavy atom. The molecule has 0 aliphatic heterocycles. The minimum absolute atomic E-state index is 0. The molecule has 0 spiro atoms. The van der Waals surface area contributed by atoms with Gasteiger partial charge in [-0.05, 0) is 80.3 Å². The van der Waals surface area contributed by atoms with Crippen molar-refractivity contribution in [3.8, 4) is 11.1 Å². The van der Waals surface area contributed by atoms with Gasteiger partial charge in [-0.25, -0.2) is 0 Å². The van der Waals surface area contributed by atoms with Crippen LogP contribution in [0, 0.1) is 0 Å². The van der Waals surface area contributed by atoms with Crippen LogP contribution < -0.4 is 31.8 Å². The molecule has 0 nitrogen and oxygen atoms in total. The van der Waals surface area contributed by atoms with Crippen molar-refractivity contribution in [2.75, 3.05) is 0 Å². The van der Waals surface area contributed by atoms with E-state index in [9.17, 15) is 0 Å². The van der Waals surface area contributed by atoms with E-state index in [4.69, 9.17) is 0 Å². The van der Waals surface area contributed by atoms with Gasteiger partial charge in [0.25, 0.3) is 0 Å². The van der Waals surface area contributed by atoms with Crippen LogP contribution in [0.1, 0.15) is 0 Å². The van der Waals surface area contributed by atoms with Crippen molar-refractivity contribution in [2.45, 2.75) is 0 Å². The van der Waals surface area contributed by atoms with Gasteiger partial charge in [-0.1, -0.05) is 194 Å². The van der Waals surface area contributed by atoms with E-state index in [-0.39, 0.29) is 18.6 Å². The molecule has 0 amide bonds. The Labute approximate surface area is 291 Å². The first kappa shape index (κ1) is 31.3. The predicted molar refractivity (Wildman–Crippen MR) is 204 cm³/mol. The monoisotopic (exact) mass is 673 g/mol. The van der Waals surface area contributed by atoms with Crippen LogP contribution in [0.2, 0.25) is 0 Å². The molecule has 0 saturated heterocycles. The molecule has 47 heavy (non-hydrogen) atoms. The van der Waals surface area contributed by atoms with E-state index < -0.39 is 15.8 Å². The summed E-state index contributed by atoms with van der Waals surface area (Å²) in [4.78, 5) is 0. The van der Waals surface area contributed by atoms with Crippen LogP contribution in [-0.2, 0) is 18.6 Å². The molecule has 0 heterocycles. The van der Waals surface area contributed by atoms with E-state index >= 15 is 0 Å². The van der Waals surface area contributed by atoms with E-state index in [0.717, 1.165) is 0 Å². The van der Waals surface area contributed by atoms with Crippen LogP contribution in [-0.4, -0.2) is 0 Å². The second-order valence-electron chi connectivity index (χ2n) is 11.4. The van der Waals surface area contributed by atoms with E-state index in [2.05, 4.69) is 194 Å². The molecule has 8 rings (SSSR count). The van der Waals surface area contributed by atoms with Gasteiger partial charge in [0.15, 0.2) is 0 Å². The second kappa shape index (κ2) is 14.2. The van der Waals surface area contributed by atoms with Gasteiger partial charge >= 0.3 is 0 Å². The summed E-state index contributed by atoms with van der Waals surface area (Å²) in [6.45, 7) is 0. The average Bonchev–Trinajstić information content (AvgIpc) is 3.14. The van der Waals surface area contributed by atoms with E-state index in [1.165, 1.54) is 64.5 Å². The summed E-state index contributed by atoms with van der Waals surface area (Å²) in [5.74, 6) is 0. The Morgan fingerprint density at radius 3 is 0.851 bits per heavy atom. The molecule has 0 bridgehead atoms. The molecule has 0 aliphatic carbocycles. The molecule has 0 fully saturated rings. The number of fused-ring (bicyclic) bond motifs is 2. The first-order valence-electron chi connectivity index (χ1n) is 15.7. The fourth-order valence-corrected chi connectivity index (χ4v) is 11.5. The zero-order valence-corrected chi connectivity index (χ0v) is 29.0. The summed E-state index contributed by atoms with van der Waals surface area (Å²) in [7, 11) is -1.70. The number of rotatable bonds is 7. The van der Waals surface area contributed by atoms with Crippen LogP contribution >= 0.6 is 15.8 Å². The SMILES string of the molecule is [V].c1ccc(P(c2ccccc2)c2ccc3ccccc3c2-c2c(P(c3ccccc3)c3ccccc3)ccc3ccccc23)cc1. The van der Waals surface area contributed by atoms with Gasteiger partial charge in [-0.2, -0.15) is 0 Å². The molecule has 0 saturated carbocycles. The minimum atomic E-state index is -0.852.